The molecule has 0 amide bonds. The van der Waals surface area contributed by atoms with Gasteiger partial charge in [0.05, 0.1) is 11.5 Å². The van der Waals surface area contributed by atoms with Gasteiger partial charge in [-0.2, -0.15) is 0 Å². The van der Waals surface area contributed by atoms with E-state index in [1.807, 2.05) is 31.4 Å². The summed E-state index contributed by atoms with van der Waals surface area (Å²) >= 11 is 0. The van der Waals surface area contributed by atoms with Crippen LogP contribution in [0.3, 0.4) is 0 Å². The standard InChI is InChI=1S/C13H22N4O2S/c1-11-4-6-20(18,19)7-5-17(11)10-12-8-14-13(15-9-12)16(2)3/h8-9,11H,4-7,10H2,1-3H3. The zero-order valence-corrected chi connectivity index (χ0v) is 13.1. The summed E-state index contributed by atoms with van der Waals surface area (Å²) < 4.78 is 23.4. The summed E-state index contributed by atoms with van der Waals surface area (Å²) in [5, 5.41) is 0. The Morgan fingerprint density at radius 3 is 2.55 bits per heavy atom. The van der Waals surface area contributed by atoms with Gasteiger partial charge in [-0.3, -0.25) is 4.90 Å². The van der Waals surface area contributed by atoms with Crippen molar-refractivity contribution >= 4 is 15.8 Å². The molecule has 1 aromatic rings. The van der Waals surface area contributed by atoms with E-state index in [4.69, 9.17) is 0 Å². The minimum absolute atomic E-state index is 0.244. The molecular weight excluding hydrogens is 276 g/mol. The van der Waals surface area contributed by atoms with Crippen LogP contribution in [0.2, 0.25) is 0 Å². The predicted molar refractivity (Wildman–Crippen MR) is 79.5 cm³/mol. The highest BCUT2D eigenvalue weighted by atomic mass is 32.2. The Morgan fingerprint density at radius 2 is 1.95 bits per heavy atom. The SMILES string of the molecule is CC1CCS(=O)(=O)CCN1Cc1cnc(N(C)C)nc1. The average molecular weight is 298 g/mol. The van der Waals surface area contributed by atoms with Gasteiger partial charge in [0.15, 0.2) is 9.84 Å². The van der Waals surface area contributed by atoms with Crippen molar-refractivity contribution in [1.82, 2.24) is 14.9 Å². The van der Waals surface area contributed by atoms with E-state index in [1.54, 1.807) is 0 Å². The molecule has 1 fully saturated rings. The maximum absolute atomic E-state index is 11.7. The molecule has 112 valence electrons. The number of hydrogen-bond acceptors (Lipinski definition) is 6. The van der Waals surface area contributed by atoms with Crippen LogP contribution < -0.4 is 4.90 Å². The Kier molecular flexibility index (Phi) is 4.59. The van der Waals surface area contributed by atoms with Crippen molar-refractivity contribution in [1.29, 1.82) is 0 Å². The Hall–Kier alpha value is -1.21. The second kappa shape index (κ2) is 6.05. The molecule has 0 aliphatic carbocycles. The zero-order valence-electron chi connectivity index (χ0n) is 12.3. The average Bonchev–Trinajstić information content (AvgIpc) is 2.52. The molecule has 1 aliphatic heterocycles. The van der Waals surface area contributed by atoms with Crippen LogP contribution in [-0.2, 0) is 16.4 Å². The van der Waals surface area contributed by atoms with Crippen LogP contribution in [0.5, 0.6) is 0 Å². The lowest BCUT2D eigenvalue weighted by Crippen LogP contribution is -2.33. The Bertz CT molecular complexity index is 542. The molecule has 2 rings (SSSR count). The summed E-state index contributed by atoms with van der Waals surface area (Å²) in [5.41, 5.74) is 1.02. The topological polar surface area (TPSA) is 66.4 Å². The monoisotopic (exact) mass is 298 g/mol. The Morgan fingerprint density at radius 1 is 1.30 bits per heavy atom. The minimum atomic E-state index is -2.87. The molecule has 1 aliphatic rings. The lowest BCUT2D eigenvalue weighted by atomic mass is 10.2. The fourth-order valence-corrected chi connectivity index (χ4v) is 3.66. The van der Waals surface area contributed by atoms with Gasteiger partial charge in [0.2, 0.25) is 5.95 Å². The highest BCUT2D eigenvalue weighted by Crippen LogP contribution is 2.15. The third-order valence-electron chi connectivity index (χ3n) is 3.64. The van der Waals surface area contributed by atoms with E-state index in [9.17, 15) is 8.42 Å². The van der Waals surface area contributed by atoms with Gasteiger partial charge in [-0.05, 0) is 13.3 Å². The molecule has 0 aromatic carbocycles. The molecule has 7 heteroatoms. The van der Waals surface area contributed by atoms with Crippen LogP contribution in [0.4, 0.5) is 5.95 Å². The van der Waals surface area contributed by atoms with E-state index in [1.165, 1.54) is 0 Å². The third-order valence-corrected chi connectivity index (χ3v) is 5.30. The first-order valence-electron chi connectivity index (χ1n) is 6.80. The summed E-state index contributed by atoms with van der Waals surface area (Å²) in [5.74, 6) is 1.22. The van der Waals surface area contributed by atoms with E-state index in [0.29, 0.717) is 31.2 Å². The van der Waals surface area contributed by atoms with E-state index in [-0.39, 0.29) is 11.8 Å². The number of aromatic nitrogens is 2. The maximum Gasteiger partial charge on any atom is 0.224 e. The van der Waals surface area contributed by atoms with Gasteiger partial charge in [-0.25, -0.2) is 18.4 Å². The number of sulfone groups is 1. The van der Waals surface area contributed by atoms with E-state index >= 15 is 0 Å². The quantitative estimate of drug-likeness (QED) is 0.812. The summed E-state index contributed by atoms with van der Waals surface area (Å²) in [7, 11) is 0.924. The lowest BCUT2D eigenvalue weighted by Gasteiger charge is -2.26. The third kappa shape index (κ3) is 3.89. The van der Waals surface area contributed by atoms with E-state index in [0.717, 1.165) is 5.56 Å². The highest BCUT2D eigenvalue weighted by molar-refractivity contribution is 7.91. The number of anilines is 1. The highest BCUT2D eigenvalue weighted by Gasteiger charge is 2.24. The molecule has 1 aromatic heterocycles. The molecule has 0 spiro atoms. The maximum atomic E-state index is 11.7. The van der Waals surface area contributed by atoms with Crippen LogP contribution in [0.25, 0.3) is 0 Å². The molecule has 6 nitrogen and oxygen atoms in total. The van der Waals surface area contributed by atoms with Crippen molar-refractivity contribution in [3.63, 3.8) is 0 Å². The van der Waals surface area contributed by atoms with Gasteiger partial charge >= 0.3 is 0 Å². The van der Waals surface area contributed by atoms with E-state index < -0.39 is 9.84 Å². The van der Waals surface area contributed by atoms with Crippen LogP contribution in [0.15, 0.2) is 12.4 Å². The van der Waals surface area contributed by atoms with Gasteiger partial charge in [-0.15, -0.1) is 0 Å². The molecular formula is C13H22N4O2S. The summed E-state index contributed by atoms with van der Waals surface area (Å²) in [6, 6.07) is 0.265. The molecule has 1 atom stereocenters. The predicted octanol–water partition coefficient (Wildman–Crippen LogP) is 0.552. The van der Waals surface area contributed by atoms with Crippen molar-refractivity contribution in [3.05, 3.63) is 18.0 Å². The van der Waals surface area contributed by atoms with Crippen molar-refractivity contribution in [2.45, 2.75) is 25.9 Å². The van der Waals surface area contributed by atoms with Crippen LogP contribution in [-0.4, -0.2) is 61.5 Å². The van der Waals surface area contributed by atoms with Crippen molar-refractivity contribution < 1.29 is 8.42 Å². The number of nitrogens with zero attached hydrogens (tertiary/aromatic N) is 4. The van der Waals surface area contributed by atoms with Gasteiger partial charge in [0, 0.05) is 51.2 Å². The first-order valence-corrected chi connectivity index (χ1v) is 8.62. The smallest absolute Gasteiger partial charge is 0.224 e. The first kappa shape index (κ1) is 15.2. The van der Waals surface area contributed by atoms with Gasteiger partial charge < -0.3 is 4.90 Å². The lowest BCUT2D eigenvalue weighted by molar-refractivity contribution is 0.212. The summed E-state index contributed by atoms with van der Waals surface area (Å²) in [4.78, 5) is 12.6. The van der Waals surface area contributed by atoms with Crippen LogP contribution in [0.1, 0.15) is 18.9 Å². The largest absolute Gasteiger partial charge is 0.347 e. The molecule has 2 heterocycles. The first-order chi connectivity index (χ1) is 9.37. The summed E-state index contributed by atoms with van der Waals surface area (Å²) in [6.45, 7) is 3.36. The molecule has 0 radical (unpaired) electrons. The second-order valence-corrected chi connectivity index (χ2v) is 7.85. The second-order valence-electron chi connectivity index (χ2n) is 5.55. The van der Waals surface area contributed by atoms with Crippen molar-refractivity contribution in [3.8, 4) is 0 Å². The zero-order chi connectivity index (χ0) is 14.8. The molecule has 1 unspecified atom stereocenters. The molecule has 0 bridgehead atoms. The van der Waals surface area contributed by atoms with Crippen molar-refractivity contribution in [2.24, 2.45) is 0 Å². The fraction of sp³-hybridized carbons (Fsp3) is 0.692. The van der Waals surface area contributed by atoms with Crippen LogP contribution in [0, 0.1) is 0 Å². The van der Waals surface area contributed by atoms with Crippen molar-refractivity contribution in [2.75, 3.05) is 37.0 Å². The Balaban J connectivity index is 2.04. The summed E-state index contributed by atoms with van der Waals surface area (Å²) in [6.07, 6.45) is 4.32. The number of hydrogen-bond donors (Lipinski definition) is 0. The van der Waals surface area contributed by atoms with Gasteiger partial charge in [-0.1, -0.05) is 0 Å². The molecule has 20 heavy (non-hydrogen) atoms. The molecule has 0 saturated carbocycles. The Labute approximate surface area is 120 Å². The minimum Gasteiger partial charge on any atom is -0.347 e. The number of rotatable bonds is 3. The van der Waals surface area contributed by atoms with Crippen LogP contribution >= 0.6 is 0 Å². The normalized spacial score (nSPS) is 23.2. The van der Waals surface area contributed by atoms with E-state index in [2.05, 4.69) is 21.8 Å². The van der Waals surface area contributed by atoms with Gasteiger partial charge in [0.1, 0.15) is 0 Å². The fourth-order valence-electron chi connectivity index (χ4n) is 2.24. The molecule has 1 saturated heterocycles. The van der Waals surface area contributed by atoms with Gasteiger partial charge in [0.25, 0.3) is 0 Å². The molecule has 0 N–H and O–H groups in total.